The number of carbonyl (C=O) groups excluding carboxylic acids is 2. The van der Waals surface area contributed by atoms with Crippen molar-refractivity contribution in [3.8, 4) is 18.1 Å². The SMILES string of the molecule is C#CCOc1ccc(C(=O)N(CC(=O)OC)CC(C)C)cc1. The number of esters is 1. The summed E-state index contributed by atoms with van der Waals surface area (Å²) in [5.74, 6) is 2.55. The molecule has 1 rings (SSSR count). The number of rotatable bonds is 7. The summed E-state index contributed by atoms with van der Waals surface area (Å²) in [7, 11) is 1.30. The van der Waals surface area contributed by atoms with Gasteiger partial charge < -0.3 is 14.4 Å². The molecule has 1 aromatic carbocycles. The van der Waals surface area contributed by atoms with Crippen LogP contribution < -0.4 is 4.74 Å². The number of carbonyl (C=O) groups is 2. The molecule has 0 saturated heterocycles. The van der Waals surface area contributed by atoms with Gasteiger partial charge in [0.15, 0.2) is 0 Å². The molecule has 0 unspecified atom stereocenters. The van der Waals surface area contributed by atoms with E-state index >= 15 is 0 Å². The molecular formula is C17H21NO4. The Morgan fingerprint density at radius 2 is 1.91 bits per heavy atom. The monoisotopic (exact) mass is 303 g/mol. The lowest BCUT2D eigenvalue weighted by Gasteiger charge is -2.23. The molecule has 22 heavy (non-hydrogen) atoms. The van der Waals surface area contributed by atoms with Crippen LogP contribution in [-0.2, 0) is 9.53 Å². The first-order valence-corrected chi connectivity index (χ1v) is 7.00. The molecule has 1 aromatic rings. The van der Waals surface area contributed by atoms with Crippen LogP contribution in [0.25, 0.3) is 0 Å². The number of hydrogen-bond acceptors (Lipinski definition) is 4. The highest BCUT2D eigenvalue weighted by molar-refractivity contribution is 5.96. The lowest BCUT2D eigenvalue weighted by atomic mass is 10.1. The minimum atomic E-state index is -0.442. The zero-order valence-electron chi connectivity index (χ0n) is 13.2. The molecular weight excluding hydrogens is 282 g/mol. The van der Waals surface area contributed by atoms with Gasteiger partial charge in [0, 0.05) is 12.1 Å². The Balaban J connectivity index is 2.83. The van der Waals surface area contributed by atoms with Crippen molar-refractivity contribution in [1.82, 2.24) is 4.90 Å². The van der Waals surface area contributed by atoms with Crippen molar-refractivity contribution in [3.05, 3.63) is 29.8 Å². The van der Waals surface area contributed by atoms with Crippen LogP contribution in [0.15, 0.2) is 24.3 Å². The van der Waals surface area contributed by atoms with Gasteiger partial charge in [0.25, 0.3) is 5.91 Å². The van der Waals surface area contributed by atoms with E-state index in [9.17, 15) is 9.59 Å². The minimum Gasteiger partial charge on any atom is -0.481 e. The number of terminal acetylenes is 1. The molecule has 0 aliphatic rings. The van der Waals surface area contributed by atoms with Gasteiger partial charge in [-0.3, -0.25) is 9.59 Å². The summed E-state index contributed by atoms with van der Waals surface area (Å²) in [6, 6.07) is 6.66. The van der Waals surface area contributed by atoms with Gasteiger partial charge in [-0.05, 0) is 30.2 Å². The van der Waals surface area contributed by atoms with E-state index in [2.05, 4.69) is 10.7 Å². The van der Waals surface area contributed by atoms with Crippen molar-refractivity contribution in [2.75, 3.05) is 26.8 Å². The van der Waals surface area contributed by atoms with Crippen LogP contribution >= 0.6 is 0 Å². The first kappa shape index (κ1) is 17.6. The molecule has 0 aliphatic carbocycles. The van der Waals surface area contributed by atoms with Crippen molar-refractivity contribution in [1.29, 1.82) is 0 Å². The average Bonchev–Trinajstić information content (AvgIpc) is 2.51. The molecule has 5 nitrogen and oxygen atoms in total. The van der Waals surface area contributed by atoms with E-state index in [1.165, 1.54) is 12.0 Å². The molecule has 0 heterocycles. The largest absolute Gasteiger partial charge is 0.481 e. The van der Waals surface area contributed by atoms with Crippen LogP contribution in [0.5, 0.6) is 5.75 Å². The van der Waals surface area contributed by atoms with Crippen LogP contribution in [0.3, 0.4) is 0 Å². The third kappa shape index (κ3) is 5.49. The maximum Gasteiger partial charge on any atom is 0.325 e. The summed E-state index contributed by atoms with van der Waals surface area (Å²) in [4.78, 5) is 25.4. The van der Waals surface area contributed by atoms with E-state index in [1.807, 2.05) is 13.8 Å². The average molecular weight is 303 g/mol. The molecule has 118 valence electrons. The van der Waals surface area contributed by atoms with E-state index in [-0.39, 0.29) is 25.0 Å². The number of nitrogens with zero attached hydrogens (tertiary/aromatic N) is 1. The van der Waals surface area contributed by atoms with Gasteiger partial charge in [0.1, 0.15) is 18.9 Å². The second-order valence-corrected chi connectivity index (χ2v) is 5.17. The second kappa shape index (κ2) is 8.73. The van der Waals surface area contributed by atoms with Gasteiger partial charge >= 0.3 is 5.97 Å². The maximum atomic E-state index is 12.5. The number of hydrogen-bond donors (Lipinski definition) is 0. The Bertz CT molecular complexity index is 543. The van der Waals surface area contributed by atoms with Crippen LogP contribution in [-0.4, -0.2) is 43.6 Å². The fourth-order valence-electron chi connectivity index (χ4n) is 1.88. The van der Waals surface area contributed by atoms with Crippen molar-refractivity contribution in [2.24, 2.45) is 5.92 Å². The predicted molar refractivity (Wildman–Crippen MR) is 83.5 cm³/mol. The molecule has 1 amide bonds. The van der Waals surface area contributed by atoms with Gasteiger partial charge in [0.05, 0.1) is 7.11 Å². The maximum absolute atomic E-state index is 12.5. The van der Waals surface area contributed by atoms with Gasteiger partial charge in [-0.1, -0.05) is 19.8 Å². The van der Waals surface area contributed by atoms with E-state index in [0.29, 0.717) is 17.9 Å². The van der Waals surface area contributed by atoms with Crippen LogP contribution in [0.2, 0.25) is 0 Å². The summed E-state index contributed by atoms with van der Waals surface area (Å²) >= 11 is 0. The van der Waals surface area contributed by atoms with Crippen molar-refractivity contribution < 1.29 is 19.1 Å². The number of ether oxygens (including phenoxy) is 2. The lowest BCUT2D eigenvalue weighted by molar-refractivity contribution is -0.141. The topological polar surface area (TPSA) is 55.8 Å². The Morgan fingerprint density at radius 1 is 1.27 bits per heavy atom. The number of methoxy groups -OCH3 is 1. The minimum absolute atomic E-state index is 0.0666. The quantitative estimate of drug-likeness (QED) is 0.571. The van der Waals surface area contributed by atoms with Gasteiger partial charge in [-0.25, -0.2) is 0 Å². The highest BCUT2D eigenvalue weighted by Gasteiger charge is 2.20. The second-order valence-electron chi connectivity index (χ2n) is 5.17. The van der Waals surface area contributed by atoms with E-state index < -0.39 is 5.97 Å². The molecule has 5 heteroatoms. The highest BCUT2D eigenvalue weighted by Crippen LogP contribution is 2.14. The molecule has 0 spiro atoms. The van der Waals surface area contributed by atoms with Gasteiger partial charge in [-0.2, -0.15) is 0 Å². The zero-order chi connectivity index (χ0) is 16.5. The Morgan fingerprint density at radius 3 is 2.41 bits per heavy atom. The van der Waals surface area contributed by atoms with Gasteiger partial charge in [0.2, 0.25) is 0 Å². The summed E-state index contributed by atoms with van der Waals surface area (Å²) in [5.41, 5.74) is 0.484. The summed E-state index contributed by atoms with van der Waals surface area (Å²) in [6.07, 6.45) is 5.12. The number of amides is 1. The van der Waals surface area contributed by atoms with Crippen LogP contribution in [0, 0.1) is 18.3 Å². The molecule has 0 atom stereocenters. The zero-order valence-corrected chi connectivity index (χ0v) is 13.2. The van der Waals surface area contributed by atoms with E-state index in [4.69, 9.17) is 11.2 Å². The third-order valence-corrected chi connectivity index (χ3v) is 2.84. The smallest absolute Gasteiger partial charge is 0.325 e. The molecule has 0 aliphatic heterocycles. The lowest BCUT2D eigenvalue weighted by Crippen LogP contribution is -2.38. The fourth-order valence-corrected chi connectivity index (χ4v) is 1.88. The third-order valence-electron chi connectivity index (χ3n) is 2.84. The summed E-state index contributed by atoms with van der Waals surface area (Å²) < 4.78 is 9.90. The molecule has 0 fully saturated rings. The van der Waals surface area contributed by atoms with E-state index in [1.54, 1.807) is 24.3 Å². The fraction of sp³-hybridized carbons (Fsp3) is 0.412. The molecule has 0 saturated carbocycles. The normalized spacial score (nSPS) is 9.95. The highest BCUT2D eigenvalue weighted by atomic mass is 16.5. The summed E-state index contributed by atoms with van der Waals surface area (Å²) in [6.45, 7) is 4.55. The van der Waals surface area contributed by atoms with Gasteiger partial charge in [-0.15, -0.1) is 6.42 Å². The molecule has 0 N–H and O–H groups in total. The van der Waals surface area contributed by atoms with Crippen molar-refractivity contribution in [3.63, 3.8) is 0 Å². The molecule has 0 aromatic heterocycles. The number of benzene rings is 1. The Labute approximate surface area is 131 Å². The molecule has 0 radical (unpaired) electrons. The van der Waals surface area contributed by atoms with Crippen LogP contribution in [0.4, 0.5) is 0 Å². The Hall–Kier alpha value is -2.48. The first-order chi connectivity index (χ1) is 10.5. The predicted octanol–water partition coefficient (Wildman–Crippen LogP) is 1.97. The van der Waals surface area contributed by atoms with Crippen molar-refractivity contribution in [2.45, 2.75) is 13.8 Å². The van der Waals surface area contributed by atoms with Crippen molar-refractivity contribution >= 4 is 11.9 Å². The first-order valence-electron chi connectivity index (χ1n) is 7.00. The molecule has 0 bridgehead atoms. The standard InChI is InChI=1S/C17H21NO4/c1-5-10-22-15-8-6-14(7-9-15)17(20)18(11-13(2)3)12-16(19)21-4/h1,6-9,13H,10-12H2,2-4H3. The Kier molecular flexibility index (Phi) is 6.97. The van der Waals surface area contributed by atoms with E-state index in [0.717, 1.165) is 0 Å². The summed E-state index contributed by atoms with van der Waals surface area (Å²) in [5, 5.41) is 0. The van der Waals surface area contributed by atoms with Crippen LogP contribution in [0.1, 0.15) is 24.2 Å².